The summed E-state index contributed by atoms with van der Waals surface area (Å²) in [6.45, 7) is 6.10. The Balaban J connectivity index is 1.59. The molecule has 0 bridgehead atoms. The number of anilines is 1. The number of thioether (sulfide) groups is 1. The van der Waals surface area contributed by atoms with Crippen LogP contribution in [0.4, 0.5) is 5.82 Å². The fourth-order valence-electron chi connectivity index (χ4n) is 4.16. The molecule has 1 amide bonds. The standard InChI is InChI=1S/C24H24N4O3S2/c1-15-7-9-26(10-8-15)21-18(22(29)27-13-16(2)5-6-20(27)25-21)12-19-23(30)28(24(32)33-19)14-17-4-3-11-31-17/h3-6,11-13,15H,7-10,14H2,1-2H3/b19-12-. The summed E-state index contributed by atoms with van der Waals surface area (Å²) in [5.74, 6) is 1.70. The number of carbonyl (C=O) groups excluding carboxylic acids is 1. The van der Waals surface area contributed by atoms with E-state index in [1.165, 1.54) is 16.7 Å². The van der Waals surface area contributed by atoms with Crippen molar-refractivity contribution < 1.29 is 9.21 Å². The molecule has 0 saturated carbocycles. The highest BCUT2D eigenvalue weighted by Gasteiger charge is 2.33. The maximum Gasteiger partial charge on any atom is 0.267 e. The lowest BCUT2D eigenvalue weighted by Gasteiger charge is -2.32. The third-order valence-electron chi connectivity index (χ3n) is 6.11. The van der Waals surface area contributed by atoms with Crippen LogP contribution in [0.1, 0.15) is 36.7 Å². The van der Waals surface area contributed by atoms with Crippen LogP contribution in [0.2, 0.25) is 0 Å². The summed E-state index contributed by atoms with van der Waals surface area (Å²) in [7, 11) is 0. The van der Waals surface area contributed by atoms with Gasteiger partial charge in [-0.2, -0.15) is 0 Å². The van der Waals surface area contributed by atoms with E-state index in [9.17, 15) is 9.59 Å². The summed E-state index contributed by atoms with van der Waals surface area (Å²) in [5, 5.41) is 0. The van der Waals surface area contributed by atoms with Gasteiger partial charge in [-0.15, -0.1) is 0 Å². The number of piperidine rings is 1. The summed E-state index contributed by atoms with van der Waals surface area (Å²) >= 11 is 6.66. The predicted molar refractivity (Wildman–Crippen MR) is 134 cm³/mol. The van der Waals surface area contributed by atoms with Crippen LogP contribution in [0.5, 0.6) is 0 Å². The fourth-order valence-corrected chi connectivity index (χ4v) is 5.40. The van der Waals surface area contributed by atoms with Crippen LogP contribution in [-0.4, -0.2) is 37.6 Å². The summed E-state index contributed by atoms with van der Waals surface area (Å²) in [4.78, 5) is 35.7. The molecule has 33 heavy (non-hydrogen) atoms. The Morgan fingerprint density at radius 3 is 2.76 bits per heavy atom. The molecule has 7 nitrogen and oxygen atoms in total. The minimum absolute atomic E-state index is 0.186. The molecule has 5 heterocycles. The normalized spacial score (nSPS) is 18.8. The van der Waals surface area contributed by atoms with Gasteiger partial charge < -0.3 is 9.32 Å². The molecule has 170 valence electrons. The molecule has 2 aliphatic heterocycles. The number of carbonyl (C=O) groups is 1. The molecule has 0 radical (unpaired) electrons. The number of furan rings is 1. The minimum Gasteiger partial charge on any atom is -0.467 e. The summed E-state index contributed by atoms with van der Waals surface area (Å²) < 4.78 is 7.38. The molecule has 3 aromatic heterocycles. The Kier molecular flexibility index (Phi) is 5.84. The van der Waals surface area contributed by atoms with Gasteiger partial charge in [0.15, 0.2) is 0 Å². The second kappa shape index (κ2) is 8.79. The van der Waals surface area contributed by atoms with Gasteiger partial charge in [0.25, 0.3) is 11.5 Å². The largest absolute Gasteiger partial charge is 0.467 e. The molecular weight excluding hydrogens is 456 g/mol. The molecule has 0 unspecified atom stereocenters. The number of rotatable bonds is 4. The smallest absolute Gasteiger partial charge is 0.267 e. The predicted octanol–water partition coefficient (Wildman–Crippen LogP) is 4.23. The van der Waals surface area contributed by atoms with Crippen molar-refractivity contribution in [2.45, 2.75) is 33.2 Å². The van der Waals surface area contributed by atoms with E-state index in [0.29, 0.717) is 37.9 Å². The average molecular weight is 481 g/mol. The number of fused-ring (bicyclic) bond motifs is 1. The first-order valence-corrected chi connectivity index (χ1v) is 12.2. The average Bonchev–Trinajstić information content (AvgIpc) is 3.41. The molecule has 9 heteroatoms. The topological polar surface area (TPSA) is 71.1 Å². The number of nitrogens with zero attached hydrogens (tertiary/aromatic N) is 4. The van der Waals surface area contributed by atoms with Gasteiger partial charge in [-0.25, -0.2) is 4.98 Å². The van der Waals surface area contributed by atoms with E-state index in [0.717, 1.165) is 31.5 Å². The Labute approximate surface area is 201 Å². The number of thiocarbonyl (C=S) groups is 1. The van der Waals surface area contributed by atoms with Crippen LogP contribution in [0.3, 0.4) is 0 Å². The van der Waals surface area contributed by atoms with E-state index in [1.807, 2.05) is 19.1 Å². The van der Waals surface area contributed by atoms with Crippen molar-refractivity contribution in [3.63, 3.8) is 0 Å². The van der Waals surface area contributed by atoms with Gasteiger partial charge in [0, 0.05) is 19.3 Å². The van der Waals surface area contributed by atoms with E-state index < -0.39 is 0 Å². The zero-order valence-electron chi connectivity index (χ0n) is 18.5. The first kappa shape index (κ1) is 21.9. The minimum atomic E-state index is -0.228. The number of amides is 1. The maximum absolute atomic E-state index is 13.6. The second-order valence-corrected chi connectivity index (χ2v) is 10.3. The Morgan fingerprint density at radius 2 is 2.03 bits per heavy atom. The highest BCUT2D eigenvalue weighted by atomic mass is 32.2. The van der Waals surface area contributed by atoms with Crippen LogP contribution < -0.4 is 10.5 Å². The van der Waals surface area contributed by atoms with Gasteiger partial charge in [-0.3, -0.25) is 18.9 Å². The maximum atomic E-state index is 13.6. The Hall–Kier alpha value is -2.91. The first-order chi connectivity index (χ1) is 15.9. The van der Waals surface area contributed by atoms with Crippen molar-refractivity contribution >= 4 is 51.7 Å². The van der Waals surface area contributed by atoms with Crippen molar-refractivity contribution in [1.82, 2.24) is 14.3 Å². The Bertz CT molecular complexity index is 1320. The quantitative estimate of drug-likeness (QED) is 0.409. The van der Waals surface area contributed by atoms with E-state index in [2.05, 4.69) is 11.8 Å². The van der Waals surface area contributed by atoms with Crippen molar-refractivity contribution in [3.05, 3.63) is 68.9 Å². The molecule has 0 spiro atoms. The second-order valence-electron chi connectivity index (χ2n) is 8.61. The zero-order chi connectivity index (χ0) is 23.1. The highest BCUT2D eigenvalue weighted by molar-refractivity contribution is 8.26. The lowest BCUT2D eigenvalue weighted by Crippen LogP contribution is -2.36. The van der Waals surface area contributed by atoms with Crippen LogP contribution in [0, 0.1) is 12.8 Å². The number of hydrogen-bond donors (Lipinski definition) is 0. The molecule has 5 rings (SSSR count). The summed E-state index contributed by atoms with van der Waals surface area (Å²) in [6, 6.07) is 7.39. The first-order valence-electron chi connectivity index (χ1n) is 11.0. The van der Waals surface area contributed by atoms with Gasteiger partial charge in [0.1, 0.15) is 21.5 Å². The molecule has 0 aromatic carbocycles. The number of aromatic nitrogens is 2. The third-order valence-corrected chi connectivity index (χ3v) is 7.49. The fraction of sp³-hybridized carbons (Fsp3) is 0.333. The highest BCUT2D eigenvalue weighted by Crippen LogP contribution is 2.35. The number of hydrogen-bond acceptors (Lipinski definition) is 7. The molecule has 2 saturated heterocycles. The molecule has 2 fully saturated rings. The van der Waals surface area contributed by atoms with E-state index in [-0.39, 0.29) is 18.0 Å². The van der Waals surface area contributed by atoms with Gasteiger partial charge >= 0.3 is 0 Å². The monoisotopic (exact) mass is 480 g/mol. The molecule has 2 aliphatic rings. The lowest BCUT2D eigenvalue weighted by atomic mass is 9.99. The molecule has 3 aromatic rings. The van der Waals surface area contributed by atoms with Crippen molar-refractivity contribution in [1.29, 1.82) is 0 Å². The van der Waals surface area contributed by atoms with Gasteiger partial charge in [0.05, 0.1) is 23.3 Å². The van der Waals surface area contributed by atoms with Gasteiger partial charge in [-0.1, -0.05) is 37.0 Å². The molecule has 0 aliphatic carbocycles. The van der Waals surface area contributed by atoms with Crippen LogP contribution in [-0.2, 0) is 11.3 Å². The number of pyridine rings is 1. The molecule has 0 N–H and O–H groups in total. The molecular formula is C24H24N4O3S2. The van der Waals surface area contributed by atoms with E-state index in [1.54, 1.807) is 35.1 Å². The van der Waals surface area contributed by atoms with Crippen molar-refractivity contribution in [3.8, 4) is 0 Å². The zero-order valence-corrected chi connectivity index (χ0v) is 20.1. The van der Waals surface area contributed by atoms with Crippen LogP contribution in [0.25, 0.3) is 11.7 Å². The van der Waals surface area contributed by atoms with E-state index >= 15 is 0 Å². The van der Waals surface area contributed by atoms with E-state index in [4.69, 9.17) is 21.6 Å². The SMILES string of the molecule is Cc1ccc2nc(N3CCC(C)CC3)c(/C=C3\SC(=S)N(Cc4ccco4)C3=O)c(=O)n2c1. The van der Waals surface area contributed by atoms with Gasteiger partial charge in [0.2, 0.25) is 0 Å². The van der Waals surface area contributed by atoms with Crippen molar-refractivity contribution in [2.24, 2.45) is 5.92 Å². The summed E-state index contributed by atoms with van der Waals surface area (Å²) in [6.07, 6.45) is 7.10. The Morgan fingerprint density at radius 1 is 1.24 bits per heavy atom. The molecule has 0 atom stereocenters. The lowest BCUT2D eigenvalue weighted by molar-refractivity contribution is -0.122. The van der Waals surface area contributed by atoms with Crippen LogP contribution in [0.15, 0.2) is 50.8 Å². The van der Waals surface area contributed by atoms with Crippen molar-refractivity contribution in [2.75, 3.05) is 18.0 Å². The van der Waals surface area contributed by atoms with Crippen LogP contribution >= 0.6 is 24.0 Å². The van der Waals surface area contributed by atoms with Gasteiger partial charge in [-0.05, 0) is 55.5 Å². The third kappa shape index (κ3) is 4.22. The summed E-state index contributed by atoms with van der Waals surface area (Å²) in [5.41, 5.74) is 1.79. The number of aryl methyl sites for hydroxylation is 1.